The lowest BCUT2D eigenvalue weighted by Gasteiger charge is -2.39. The lowest BCUT2D eigenvalue weighted by molar-refractivity contribution is 0.0953. The molecule has 0 amide bonds. The SMILES string of the molecule is C[C@@H]1CCC[C@H](C)N1Cc1ccc(N2c3ccccc3N=CC2c2cccc(C(=N)N)c2)cc1. The number of para-hydroxylation sites is 2. The minimum Gasteiger partial charge on any atom is -0.384 e. The summed E-state index contributed by atoms with van der Waals surface area (Å²) in [6.45, 7) is 5.70. The summed E-state index contributed by atoms with van der Waals surface area (Å²) in [5, 5.41) is 7.86. The highest BCUT2D eigenvalue weighted by Gasteiger charge is 2.28. The Morgan fingerprint density at radius 1 is 0.971 bits per heavy atom. The zero-order valence-corrected chi connectivity index (χ0v) is 20.0. The number of nitrogen functional groups attached to an aromatic ring is 1. The Balaban J connectivity index is 1.48. The van der Waals surface area contributed by atoms with Crippen LogP contribution in [-0.2, 0) is 6.54 Å². The van der Waals surface area contributed by atoms with Gasteiger partial charge < -0.3 is 10.6 Å². The van der Waals surface area contributed by atoms with Crippen LogP contribution in [0.4, 0.5) is 17.1 Å². The number of amidine groups is 1. The summed E-state index contributed by atoms with van der Waals surface area (Å²) >= 11 is 0. The Morgan fingerprint density at radius 3 is 2.44 bits per heavy atom. The van der Waals surface area contributed by atoms with E-state index in [1.165, 1.54) is 24.8 Å². The second-order valence-electron chi connectivity index (χ2n) is 9.59. The Morgan fingerprint density at radius 2 is 1.71 bits per heavy atom. The average molecular weight is 452 g/mol. The number of benzene rings is 3. The molecule has 1 unspecified atom stereocenters. The van der Waals surface area contributed by atoms with Gasteiger partial charge in [0.15, 0.2) is 0 Å². The quantitative estimate of drug-likeness (QED) is 0.352. The van der Waals surface area contributed by atoms with Crippen LogP contribution in [0.3, 0.4) is 0 Å². The molecule has 0 aromatic heterocycles. The van der Waals surface area contributed by atoms with E-state index in [9.17, 15) is 0 Å². The Hall–Kier alpha value is -3.44. The molecule has 2 heterocycles. The van der Waals surface area contributed by atoms with Gasteiger partial charge in [-0.2, -0.15) is 0 Å². The molecule has 3 aromatic carbocycles. The summed E-state index contributed by atoms with van der Waals surface area (Å²) in [5.41, 5.74) is 12.1. The first-order valence-electron chi connectivity index (χ1n) is 12.2. The molecule has 3 atom stereocenters. The van der Waals surface area contributed by atoms with Gasteiger partial charge in [0.2, 0.25) is 0 Å². The second kappa shape index (κ2) is 9.43. The first kappa shape index (κ1) is 22.4. The van der Waals surface area contributed by atoms with Gasteiger partial charge in [-0.15, -0.1) is 0 Å². The highest BCUT2D eigenvalue weighted by Crippen LogP contribution is 2.43. The normalized spacial score (nSPS) is 22.4. The molecule has 5 heteroatoms. The summed E-state index contributed by atoms with van der Waals surface area (Å²) < 4.78 is 0. The zero-order chi connectivity index (χ0) is 23.7. The van der Waals surface area contributed by atoms with Crippen molar-refractivity contribution in [2.75, 3.05) is 4.90 Å². The van der Waals surface area contributed by atoms with E-state index >= 15 is 0 Å². The van der Waals surface area contributed by atoms with Crippen molar-refractivity contribution in [3.8, 4) is 0 Å². The number of rotatable bonds is 5. The van der Waals surface area contributed by atoms with E-state index in [0.29, 0.717) is 12.1 Å². The maximum absolute atomic E-state index is 7.86. The van der Waals surface area contributed by atoms with Crippen molar-refractivity contribution < 1.29 is 0 Å². The highest BCUT2D eigenvalue weighted by molar-refractivity contribution is 5.96. The first-order valence-corrected chi connectivity index (χ1v) is 12.2. The number of likely N-dealkylation sites (tertiary alicyclic amines) is 1. The molecule has 0 aliphatic carbocycles. The van der Waals surface area contributed by atoms with Gasteiger partial charge in [-0.05, 0) is 68.1 Å². The summed E-state index contributed by atoms with van der Waals surface area (Å²) in [6, 6.07) is 26.3. The standard InChI is InChI=1S/C29H33N5/c1-20-7-5-8-21(2)33(20)19-22-13-15-25(16-14-22)34-27-12-4-3-11-26(27)32-18-28(34)23-9-6-10-24(17-23)29(30)31/h3-4,6,9-18,20-21,28H,5,7-8,19H2,1-2H3,(H3,30,31)/t20-,21+,28?. The van der Waals surface area contributed by atoms with E-state index in [4.69, 9.17) is 16.1 Å². The fraction of sp³-hybridized carbons (Fsp3) is 0.310. The molecule has 174 valence electrons. The van der Waals surface area contributed by atoms with Crippen LogP contribution in [0.25, 0.3) is 0 Å². The van der Waals surface area contributed by atoms with Crippen molar-refractivity contribution in [1.29, 1.82) is 5.41 Å². The number of fused-ring (bicyclic) bond motifs is 1. The Bertz CT molecular complexity index is 1190. The lowest BCUT2D eigenvalue weighted by atomic mass is 9.96. The number of hydrogen-bond donors (Lipinski definition) is 2. The third-order valence-electron chi connectivity index (χ3n) is 7.27. The van der Waals surface area contributed by atoms with E-state index in [2.05, 4.69) is 72.2 Å². The van der Waals surface area contributed by atoms with Gasteiger partial charge in [-0.25, -0.2) is 0 Å². The zero-order valence-electron chi connectivity index (χ0n) is 20.0. The van der Waals surface area contributed by atoms with Gasteiger partial charge in [-0.1, -0.05) is 48.9 Å². The number of aliphatic imine (C=N–C) groups is 1. The van der Waals surface area contributed by atoms with E-state index in [1.54, 1.807) is 0 Å². The second-order valence-corrected chi connectivity index (χ2v) is 9.59. The fourth-order valence-corrected chi connectivity index (χ4v) is 5.33. The lowest BCUT2D eigenvalue weighted by Crippen LogP contribution is -2.42. The van der Waals surface area contributed by atoms with E-state index in [1.807, 2.05) is 30.5 Å². The highest BCUT2D eigenvalue weighted by atomic mass is 15.2. The van der Waals surface area contributed by atoms with Crippen LogP contribution in [-0.4, -0.2) is 29.0 Å². The fourth-order valence-electron chi connectivity index (χ4n) is 5.33. The van der Waals surface area contributed by atoms with Crippen molar-refractivity contribution in [1.82, 2.24) is 4.90 Å². The molecule has 3 N–H and O–H groups in total. The topological polar surface area (TPSA) is 68.7 Å². The summed E-state index contributed by atoms with van der Waals surface area (Å²) in [4.78, 5) is 9.72. The van der Waals surface area contributed by atoms with Crippen LogP contribution in [0, 0.1) is 5.41 Å². The molecular formula is C29H33N5. The molecule has 1 saturated heterocycles. The predicted octanol–water partition coefficient (Wildman–Crippen LogP) is 6.33. The molecule has 2 aliphatic heterocycles. The largest absolute Gasteiger partial charge is 0.384 e. The summed E-state index contributed by atoms with van der Waals surface area (Å²) in [6.07, 6.45) is 5.90. The molecule has 1 fully saturated rings. The van der Waals surface area contributed by atoms with Crippen LogP contribution >= 0.6 is 0 Å². The summed E-state index contributed by atoms with van der Waals surface area (Å²) in [5.74, 6) is 0.0760. The van der Waals surface area contributed by atoms with E-state index in [0.717, 1.165) is 34.7 Å². The molecule has 3 aromatic rings. The minimum atomic E-state index is -0.0813. The number of hydrogen-bond acceptors (Lipinski definition) is 4. The summed E-state index contributed by atoms with van der Waals surface area (Å²) in [7, 11) is 0. The molecule has 0 bridgehead atoms. The van der Waals surface area contributed by atoms with Gasteiger partial charge in [-0.3, -0.25) is 15.3 Å². The Labute approximate surface area is 202 Å². The smallest absolute Gasteiger partial charge is 0.122 e. The monoisotopic (exact) mass is 451 g/mol. The Kier molecular flexibility index (Phi) is 6.20. The molecule has 2 aliphatic rings. The number of nitrogens with zero attached hydrogens (tertiary/aromatic N) is 3. The first-order chi connectivity index (χ1) is 16.5. The van der Waals surface area contributed by atoms with Crippen LogP contribution in [0.2, 0.25) is 0 Å². The van der Waals surface area contributed by atoms with Crippen molar-refractivity contribution in [3.05, 3.63) is 89.5 Å². The third-order valence-corrected chi connectivity index (χ3v) is 7.27. The molecule has 0 saturated carbocycles. The maximum atomic E-state index is 7.86. The van der Waals surface area contributed by atoms with Gasteiger partial charge in [0, 0.05) is 36.1 Å². The van der Waals surface area contributed by atoms with E-state index in [-0.39, 0.29) is 11.9 Å². The van der Waals surface area contributed by atoms with Crippen molar-refractivity contribution in [2.45, 2.75) is 57.8 Å². The number of nitrogens with two attached hydrogens (primary N) is 1. The molecule has 0 spiro atoms. The van der Waals surface area contributed by atoms with Crippen LogP contribution in [0.1, 0.15) is 55.8 Å². The van der Waals surface area contributed by atoms with Crippen LogP contribution < -0.4 is 10.6 Å². The number of piperidine rings is 1. The average Bonchev–Trinajstić information content (AvgIpc) is 2.86. The number of nitrogens with one attached hydrogen (secondary N) is 1. The van der Waals surface area contributed by atoms with Gasteiger partial charge in [0.25, 0.3) is 0 Å². The molecule has 34 heavy (non-hydrogen) atoms. The van der Waals surface area contributed by atoms with Crippen molar-refractivity contribution in [3.63, 3.8) is 0 Å². The molecule has 5 nitrogen and oxygen atoms in total. The third kappa shape index (κ3) is 4.36. The van der Waals surface area contributed by atoms with Gasteiger partial charge in [0.05, 0.1) is 17.4 Å². The minimum absolute atomic E-state index is 0.0760. The van der Waals surface area contributed by atoms with Crippen molar-refractivity contribution >= 4 is 29.1 Å². The predicted molar refractivity (Wildman–Crippen MR) is 142 cm³/mol. The maximum Gasteiger partial charge on any atom is 0.122 e. The van der Waals surface area contributed by atoms with Gasteiger partial charge in [0.1, 0.15) is 5.84 Å². The molecule has 5 rings (SSSR count). The molecule has 0 radical (unpaired) electrons. The van der Waals surface area contributed by atoms with Crippen LogP contribution in [0.15, 0.2) is 77.8 Å². The van der Waals surface area contributed by atoms with Gasteiger partial charge >= 0.3 is 0 Å². The van der Waals surface area contributed by atoms with Crippen molar-refractivity contribution in [2.24, 2.45) is 10.7 Å². The number of anilines is 2. The van der Waals surface area contributed by atoms with Crippen LogP contribution in [0.5, 0.6) is 0 Å². The molecular weight excluding hydrogens is 418 g/mol. The van der Waals surface area contributed by atoms with E-state index < -0.39 is 0 Å².